The minimum Gasteiger partial charge on any atom is -0.496 e. The molecule has 1 N–H and O–H groups in total. The van der Waals surface area contributed by atoms with Crippen molar-refractivity contribution in [3.8, 4) is 5.75 Å². The molecule has 110 valence electrons. The maximum Gasteiger partial charge on any atom is 0.307 e. The normalized spacial score (nSPS) is 11.6. The van der Waals surface area contributed by atoms with Gasteiger partial charge in [-0.1, -0.05) is 18.5 Å². The monoisotopic (exact) mass is 299 g/mol. The van der Waals surface area contributed by atoms with Crippen LogP contribution in [0.15, 0.2) is 18.2 Å². The van der Waals surface area contributed by atoms with Gasteiger partial charge in [-0.3, -0.25) is 9.59 Å². The summed E-state index contributed by atoms with van der Waals surface area (Å²) < 4.78 is 9.73. The fourth-order valence-corrected chi connectivity index (χ4v) is 1.87. The van der Waals surface area contributed by atoms with Gasteiger partial charge in [-0.15, -0.1) is 0 Å². The van der Waals surface area contributed by atoms with Gasteiger partial charge in [-0.2, -0.15) is 0 Å². The molecule has 0 aliphatic carbocycles. The predicted octanol–water partition coefficient (Wildman–Crippen LogP) is 2.42. The summed E-state index contributed by atoms with van der Waals surface area (Å²) in [7, 11) is 2.79. The van der Waals surface area contributed by atoms with E-state index in [1.165, 1.54) is 20.3 Å². The van der Waals surface area contributed by atoms with Gasteiger partial charge in [0.1, 0.15) is 5.75 Å². The molecule has 0 aliphatic rings. The molecule has 0 fully saturated rings. The smallest absolute Gasteiger partial charge is 0.307 e. The van der Waals surface area contributed by atoms with Crippen molar-refractivity contribution in [3.63, 3.8) is 0 Å². The zero-order chi connectivity index (χ0) is 15.1. The topological polar surface area (TPSA) is 64.6 Å². The molecule has 5 nitrogen and oxygen atoms in total. The highest BCUT2D eigenvalue weighted by Gasteiger charge is 2.19. The number of ether oxygens (including phenoxy) is 2. The first-order valence-electron chi connectivity index (χ1n) is 6.23. The molecule has 0 radical (unpaired) electrons. The Hall–Kier alpha value is -1.75. The van der Waals surface area contributed by atoms with Crippen LogP contribution in [0.3, 0.4) is 0 Å². The van der Waals surface area contributed by atoms with Crippen molar-refractivity contribution in [1.29, 1.82) is 0 Å². The predicted molar refractivity (Wildman–Crippen MR) is 76.2 cm³/mol. The van der Waals surface area contributed by atoms with Crippen LogP contribution in [0, 0.1) is 0 Å². The van der Waals surface area contributed by atoms with Crippen LogP contribution in [-0.2, 0) is 9.53 Å². The number of carbonyl (C=O) groups excluding carboxylic acids is 2. The molecule has 1 amide bonds. The number of nitrogens with one attached hydrogen (secondary N) is 1. The number of methoxy groups -OCH3 is 2. The maximum atomic E-state index is 12.2. The lowest BCUT2D eigenvalue weighted by Gasteiger charge is -2.17. The van der Waals surface area contributed by atoms with Crippen LogP contribution in [-0.4, -0.2) is 32.1 Å². The quantitative estimate of drug-likeness (QED) is 0.819. The molecular weight excluding hydrogens is 282 g/mol. The van der Waals surface area contributed by atoms with Crippen LogP contribution in [0.1, 0.15) is 30.1 Å². The number of amides is 1. The van der Waals surface area contributed by atoms with Crippen LogP contribution in [0.5, 0.6) is 5.75 Å². The molecule has 0 heterocycles. The molecule has 20 heavy (non-hydrogen) atoms. The summed E-state index contributed by atoms with van der Waals surface area (Å²) in [6.07, 6.45) is 0.741. The van der Waals surface area contributed by atoms with Gasteiger partial charge in [0.2, 0.25) is 0 Å². The number of esters is 1. The molecule has 1 unspecified atom stereocenters. The molecule has 1 rings (SSSR count). The molecule has 1 aromatic carbocycles. The first-order chi connectivity index (χ1) is 9.51. The van der Waals surface area contributed by atoms with Gasteiger partial charge < -0.3 is 14.8 Å². The Morgan fingerprint density at radius 1 is 1.35 bits per heavy atom. The van der Waals surface area contributed by atoms with E-state index in [4.69, 9.17) is 16.3 Å². The third-order valence-corrected chi connectivity index (χ3v) is 3.11. The second-order valence-corrected chi connectivity index (χ2v) is 4.64. The first kappa shape index (κ1) is 16.3. The maximum absolute atomic E-state index is 12.2. The molecule has 0 aliphatic heterocycles. The number of hydrogen-bond acceptors (Lipinski definition) is 4. The number of carbonyl (C=O) groups is 2. The van der Waals surface area contributed by atoms with E-state index in [0.29, 0.717) is 22.8 Å². The summed E-state index contributed by atoms with van der Waals surface area (Å²) in [5.74, 6) is -0.268. The molecule has 0 saturated heterocycles. The largest absolute Gasteiger partial charge is 0.496 e. The second-order valence-electron chi connectivity index (χ2n) is 4.20. The molecular formula is C14H18ClNO4. The number of halogens is 1. The summed E-state index contributed by atoms with van der Waals surface area (Å²) >= 11 is 5.89. The van der Waals surface area contributed by atoms with Crippen molar-refractivity contribution in [1.82, 2.24) is 5.32 Å². The third kappa shape index (κ3) is 4.42. The average molecular weight is 300 g/mol. The van der Waals surface area contributed by atoms with E-state index in [-0.39, 0.29) is 24.3 Å². The van der Waals surface area contributed by atoms with Gasteiger partial charge in [-0.05, 0) is 24.6 Å². The molecule has 1 atom stereocenters. The summed E-state index contributed by atoms with van der Waals surface area (Å²) in [5, 5.41) is 3.21. The lowest BCUT2D eigenvalue weighted by atomic mass is 10.1. The summed E-state index contributed by atoms with van der Waals surface area (Å²) in [6.45, 7) is 1.88. The minimum absolute atomic E-state index is 0.127. The van der Waals surface area contributed by atoms with E-state index < -0.39 is 0 Å². The fourth-order valence-electron chi connectivity index (χ4n) is 1.70. The summed E-state index contributed by atoms with van der Waals surface area (Å²) in [5.41, 5.74) is 0.336. The molecule has 0 saturated carbocycles. The number of benzene rings is 1. The lowest BCUT2D eigenvalue weighted by Crippen LogP contribution is -2.36. The van der Waals surface area contributed by atoms with Gasteiger partial charge in [-0.25, -0.2) is 0 Å². The van der Waals surface area contributed by atoms with Gasteiger partial charge in [0.05, 0.1) is 26.2 Å². The number of hydrogen-bond donors (Lipinski definition) is 1. The third-order valence-electron chi connectivity index (χ3n) is 2.87. The highest BCUT2D eigenvalue weighted by Crippen LogP contribution is 2.22. The van der Waals surface area contributed by atoms with Crippen LogP contribution in [0.4, 0.5) is 0 Å². The highest BCUT2D eigenvalue weighted by atomic mass is 35.5. The molecule has 0 bridgehead atoms. The van der Waals surface area contributed by atoms with Gasteiger partial charge in [0.15, 0.2) is 0 Å². The Kier molecular flexibility index (Phi) is 6.31. The van der Waals surface area contributed by atoms with Crippen molar-refractivity contribution in [2.75, 3.05) is 14.2 Å². The SMILES string of the molecule is CCC(CC(=O)OC)NC(=O)c1cc(Cl)ccc1OC. The van der Waals surface area contributed by atoms with Crippen molar-refractivity contribution >= 4 is 23.5 Å². The van der Waals surface area contributed by atoms with E-state index in [1.54, 1.807) is 12.1 Å². The van der Waals surface area contributed by atoms with Crippen LogP contribution in [0.25, 0.3) is 0 Å². The van der Waals surface area contributed by atoms with Gasteiger partial charge >= 0.3 is 5.97 Å². The number of rotatable bonds is 6. The van der Waals surface area contributed by atoms with E-state index in [1.807, 2.05) is 6.92 Å². The highest BCUT2D eigenvalue weighted by molar-refractivity contribution is 6.31. The zero-order valence-corrected chi connectivity index (χ0v) is 12.5. The molecule has 6 heteroatoms. The standard InChI is InChI=1S/C14H18ClNO4/c1-4-10(8-13(17)20-3)16-14(18)11-7-9(15)5-6-12(11)19-2/h5-7,10H,4,8H2,1-3H3,(H,16,18). The zero-order valence-electron chi connectivity index (χ0n) is 11.7. The first-order valence-corrected chi connectivity index (χ1v) is 6.60. The summed E-state index contributed by atoms with van der Waals surface area (Å²) in [4.78, 5) is 23.5. The van der Waals surface area contributed by atoms with Gasteiger partial charge in [0, 0.05) is 11.1 Å². The van der Waals surface area contributed by atoms with Crippen molar-refractivity contribution < 1.29 is 19.1 Å². The van der Waals surface area contributed by atoms with E-state index >= 15 is 0 Å². The van der Waals surface area contributed by atoms with E-state index in [2.05, 4.69) is 10.1 Å². The Labute approximate surface area is 123 Å². The summed E-state index contributed by atoms with van der Waals surface area (Å²) in [6, 6.07) is 4.50. The minimum atomic E-state index is -0.366. The Balaban J connectivity index is 2.84. The lowest BCUT2D eigenvalue weighted by molar-refractivity contribution is -0.141. The van der Waals surface area contributed by atoms with Crippen LogP contribution in [0.2, 0.25) is 5.02 Å². The Morgan fingerprint density at radius 3 is 2.60 bits per heavy atom. The Bertz CT molecular complexity index is 490. The van der Waals surface area contributed by atoms with Crippen LogP contribution >= 0.6 is 11.6 Å². The Morgan fingerprint density at radius 2 is 2.05 bits per heavy atom. The van der Waals surface area contributed by atoms with Crippen molar-refractivity contribution in [2.24, 2.45) is 0 Å². The molecule has 1 aromatic rings. The second kappa shape index (κ2) is 7.75. The van der Waals surface area contributed by atoms with Gasteiger partial charge in [0.25, 0.3) is 5.91 Å². The fraction of sp³-hybridized carbons (Fsp3) is 0.429. The van der Waals surface area contributed by atoms with Crippen molar-refractivity contribution in [3.05, 3.63) is 28.8 Å². The van der Waals surface area contributed by atoms with Crippen LogP contribution < -0.4 is 10.1 Å². The van der Waals surface area contributed by atoms with Crippen molar-refractivity contribution in [2.45, 2.75) is 25.8 Å². The van der Waals surface area contributed by atoms with E-state index in [9.17, 15) is 9.59 Å². The molecule has 0 aromatic heterocycles. The molecule has 0 spiro atoms. The van der Waals surface area contributed by atoms with E-state index in [0.717, 1.165) is 0 Å². The average Bonchev–Trinajstić information content (AvgIpc) is 2.45.